The Hall–Kier alpha value is -3.63. The van der Waals surface area contributed by atoms with Crippen LogP contribution in [0.4, 0.5) is 11.4 Å². The minimum atomic E-state index is -1.12. The molecular formula is C18H12Cl2N4O6. The number of halogens is 2. The lowest BCUT2D eigenvalue weighted by atomic mass is 10.2. The Balaban J connectivity index is 1.85. The van der Waals surface area contributed by atoms with E-state index in [1.165, 1.54) is 42.6 Å². The van der Waals surface area contributed by atoms with E-state index in [-0.39, 0.29) is 33.6 Å². The number of nitrogens with one attached hydrogen (secondary N) is 1. The number of ether oxygens (including phenoxy) is 1. The van der Waals surface area contributed by atoms with Gasteiger partial charge in [0.05, 0.1) is 21.7 Å². The topological polar surface area (TPSA) is 137 Å². The van der Waals surface area contributed by atoms with Gasteiger partial charge in [0.15, 0.2) is 5.69 Å². The summed E-state index contributed by atoms with van der Waals surface area (Å²) < 4.78 is 6.67. The molecule has 0 aliphatic carbocycles. The monoisotopic (exact) mass is 450 g/mol. The van der Waals surface area contributed by atoms with E-state index in [0.29, 0.717) is 5.02 Å². The van der Waals surface area contributed by atoms with Crippen LogP contribution in [0.5, 0.6) is 11.5 Å². The third kappa shape index (κ3) is 5.25. The molecule has 2 aromatic carbocycles. The molecule has 3 rings (SSSR count). The number of hydrogen-bond donors (Lipinski definition) is 2. The molecule has 12 heteroatoms. The lowest BCUT2D eigenvalue weighted by Gasteiger charge is -2.10. The number of nitrogens with zero attached hydrogens (tertiary/aromatic N) is 3. The van der Waals surface area contributed by atoms with Gasteiger partial charge in [0.1, 0.15) is 18.0 Å². The van der Waals surface area contributed by atoms with Crippen molar-refractivity contribution in [2.24, 2.45) is 0 Å². The van der Waals surface area contributed by atoms with Gasteiger partial charge in [-0.2, -0.15) is 5.10 Å². The fourth-order valence-corrected chi connectivity index (χ4v) is 2.86. The number of carbonyl (C=O) groups is 2. The zero-order valence-electron chi connectivity index (χ0n) is 14.9. The number of rotatable bonds is 7. The zero-order chi connectivity index (χ0) is 21.8. The van der Waals surface area contributed by atoms with Crippen LogP contribution in [-0.2, 0) is 11.3 Å². The Morgan fingerprint density at radius 2 is 1.97 bits per heavy atom. The number of anilines is 1. The maximum Gasteiger partial charge on any atom is 0.325 e. The molecule has 0 spiro atoms. The van der Waals surface area contributed by atoms with Gasteiger partial charge < -0.3 is 15.2 Å². The number of aromatic nitrogens is 2. The summed E-state index contributed by atoms with van der Waals surface area (Å²) in [7, 11) is 0. The summed E-state index contributed by atoms with van der Waals surface area (Å²) in [6.07, 6.45) is 1.33. The Morgan fingerprint density at radius 1 is 1.20 bits per heavy atom. The van der Waals surface area contributed by atoms with Crippen molar-refractivity contribution in [3.63, 3.8) is 0 Å². The van der Waals surface area contributed by atoms with Crippen LogP contribution in [0.25, 0.3) is 0 Å². The van der Waals surface area contributed by atoms with Crippen LogP contribution < -0.4 is 10.1 Å². The van der Waals surface area contributed by atoms with Crippen LogP contribution in [0.3, 0.4) is 0 Å². The number of amides is 1. The Kier molecular flexibility index (Phi) is 6.19. The summed E-state index contributed by atoms with van der Waals surface area (Å²) in [5.74, 6) is -1.53. The molecule has 1 aromatic heterocycles. The molecule has 0 aliphatic heterocycles. The highest BCUT2D eigenvalue weighted by Gasteiger charge is 2.16. The van der Waals surface area contributed by atoms with E-state index in [1.807, 2.05) is 0 Å². The summed E-state index contributed by atoms with van der Waals surface area (Å²) >= 11 is 11.9. The van der Waals surface area contributed by atoms with E-state index in [9.17, 15) is 19.7 Å². The number of nitro groups is 1. The zero-order valence-corrected chi connectivity index (χ0v) is 16.4. The molecule has 30 heavy (non-hydrogen) atoms. The molecule has 0 aliphatic rings. The van der Waals surface area contributed by atoms with E-state index in [0.717, 1.165) is 10.7 Å². The van der Waals surface area contributed by atoms with Crippen molar-refractivity contribution in [2.75, 3.05) is 5.32 Å². The second kappa shape index (κ2) is 8.80. The molecule has 154 valence electrons. The molecule has 3 aromatic rings. The van der Waals surface area contributed by atoms with Crippen molar-refractivity contribution in [3.05, 3.63) is 74.5 Å². The highest BCUT2D eigenvalue weighted by Crippen LogP contribution is 2.34. The van der Waals surface area contributed by atoms with E-state index >= 15 is 0 Å². The van der Waals surface area contributed by atoms with Crippen molar-refractivity contribution in [1.82, 2.24) is 9.78 Å². The molecule has 0 fully saturated rings. The van der Waals surface area contributed by atoms with E-state index in [1.54, 1.807) is 0 Å². The quantitative estimate of drug-likeness (QED) is 0.405. The normalized spacial score (nSPS) is 10.5. The first kappa shape index (κ1) is 21.1. The predicted molar refractivity (Wildman–Crippen MR) is 107 cm³/mol. The van der Waals surface area contributed by atoms with E-state index in [4.69, 9.17) is 33.0 Å². The number of carbonyl (C=O) groups excluding carboxylic acids is 1. The maximum absolute atomic E-state index is 12.4. The van der Waals surface area contributed by atoms with Crippen molar-refractivity contribution >= 4 is 46.5 Å². The van der Waals surface area contributed by atoms with E-state index in [2.05, 4.69) is 10.4 Å². The Morgan fingerprint density at radius 3 is 2.63 bits per heavy atom. The van der Waals surface area contributed by atoms with Gasteiger partial charge in [-0.1, -0.05) is 23.2 Å². The van der Waals surface area contributed by atoms with Gasteiger partial charge in [0.25, 0.3) is 11.6 Å². The summed E-state index contributed by atoms with van der Waals surface area (Å²) in [6, 6.07) is 9.48. The third-order valence-electron chi connectivity index (χ3n) is 3.65. The second-order valence-corrected chi connectivity index (χ2v) is 6.74. The largest absolute Gasteiger partial charge is 0.480 e. The molecule has 0 saturated heterocycles. The maximum atomic E-state index is 12.4. The van der Waals surface area contributed by atoms with Gasteiger partial charge in [-0.25, -0.2) is 0 Å². The lowest BCUT2D eigenvalue weighted by molar-refractivity contribution is -0.384. The van der Waals surface area contributed by atoms with Crippen molar-refractivity contribution in [3.8, 4) is 11.5 Å². The summed E-state index contributed by atoms with van der Waals surface area (Å²) in [5, 5.41) is 26.9. The molecular weight excluding hydrogens is 439 g/mol. The number of nitro benzene ring substituents is 1. The molecule has 0 atom stereocenters. The molecule has 0 radical (unpaired) electrons. The van der Waals surface area contributed by atoms with Gasteiger partial charge in [-0.05, 0) is 24.3 Å². The SMILES string of the molecule is O=C(O)Cn1ccc(C(=O)Nc2cc(Oc3ccc(Cl)cc3Cl)cc([N+](=O)[O-])c2)n1. The molecule has 0 saturated carbocycles. The van der Waals surface area contributed by atoms with Gasteiger partial charge in [-0.3, -0.25) is 24.4 Å². The van der Waals surface area contributed by atoms with Crippen LogP contribution in [0.15, 0.2) is 48.7 Å². The van der Waals surface area contributed by atoms with Gasteiger partial charge in [0.2, 0.25) is 0 Å². The van der Waals surface area contributed by atoms with Crippen LogP contribution in [0, 0.1) is 10.1 Å². The first-order valence-corrected chi connectivity index (χ1v) is 8.96. The molecule has 0 unspecified atom stereocenters. The van der Waals surface area contributed by atoms with Crippen molar-refractivity contribution in [1.29, 1.82) is 0 Å². The standard InChI is InChI=1S/C18H12Cl2N4O6/c19-10-1-2-16(14(20)5-10)30-13-7-11(6-12(8-13)24(28)29)21-18(27)15-3-4-23(22-15)9-17(25)26/h1-8H,9H2,(H,21,27)(H,25,26). The summed E-state index contributed by atoms with van der Waals surface area (Å²) in [6.45, 7) is -0.413. The number of carboxylic acid groups (broad SMARTS) is 1. The molecule has 0 bridgehead atoms. The van der Waals surface area contributed by atoms with Crippen LogP contribution in [0.2, 0.25) is 10.0 Å². The summed E-state index contributed by atoms with van der Waals surface area (Å²) in [5.41, 5.74) is -0.322. The highest BCUT2D eigenvalue weighted by molar-refractivity contribution is 6.35. The molecule has 1 heterocycles. The number of hydrogen-bond acceptors (Lipinski definition) is 6. The minimum absolute atomic E-state index is 0.0557. The van der Waals surface area contributed by atoms with Gasteiger partial charge >= 0.3 is 5.97 Å². The van der Waals surface area contributed by atoms with Gasteiger partial charge in [0, 0.05) is 23.4 Å². The number of aliphatic carboxylic acids is 1. The molecule has 1 amide bonds. The first-order valence-electron chi connectivity index (χ1n) is 8.20. The smallest absolute Gasteiger partial charge is 0.325 e. The lowest BCUT2D eigenvalue weighted by Crippen LogP contribution is -2.15. The average Bonchev–Trinajstić information content (AvgIpc) is 3.12. The van der Waals surface area contributed by atoms with Crippen molar-refractivity contribution in [2.45, 2.75) is 6.54 Å². The van der Waals surface area contributed by atoms with E-state index < -0.39 is 23.3 Å². The third-order valence-corrected chi connectivity index (χ3v) is 4.18. The first-order chi connectivity index (χ1) is 14.2. The van der Waals surface area contributed by atoms with Crippen molar-refractivity contribution < 1.29 is 24.4 Å². The number of non-ortho nitro benzene ring substituents is 1. The number of benzene rings is 2. The Bertz CT molecular complexity index is 1150. The highest BCUT2D eigenvalue weighted by atomic mass is 35.5. The summed E-state index contributed by atoms with van der Waals surface area (Å²) in [4.78, 5) is 33.7. The average molecular weight is 451 g/mol. The van der Waals surface area contributed by atoms with Gasteiger partial charge in [-0.15, -0.1) is 0 Å². The fraction of sp³-hybridized carbons (Fsp3) is 0.0556. The van der Waals surface area contributed by atoms with Crippen LogP contribution >= 0.6 is 23.2 Å². The molecule has 10 nitrogen and oxygen atoms in total. The number of carboxylic acids is 1. The van der Waals surface area contributed by atoms with Crippen LogP contribution in [0.1, 0.15) is 10.5 Å². The Labute approximate surface area is 178 Å². The predicted octanol–water partition coefficient (Wildman–Crippen LogP) is 4.23. The minimum Gasteiger partial charge on any atom is -0.480 e. The molecule has 2 N–H and O–H groups in total. The van der Waals surface area contributed by atoms with Crippen LogP contribution in [-0.4, -0.2) is 31.7 Å². The second-order valence-electron chi connectivity index (χ2n) is 5.90. The fourth-order valence-electron chi connectivity index (χ4n) is 2.41.